The van der Waals surface area contributed by atoms with Crippen molar-refractivity contribution in [3.8, 4) is 0 Å². The maximum absolute atomic E-state index is 12.9. The van der Waals surface area contributed by atoms with E-state index in [9.17, 15) is 9.59 Å². The number of fused-ring (bicyclic) bond motifs is 4. The van der Waals surface area contributed by atoms with Crippen molar-refractivity contribution in [3.05, 3.63) is 32.8 Å². The molecule has 0 saturated heterocycles. The van der Waals surface area contributed by atoms with Crippen LogP contribution in [0.2, 0.25) is 0 Å². The molecule has 0 bridgehead atoms. The van der Waals surface area contributed by atoms with Gasteiger partial charge in [-0.15, -0.1) is 22.7 Å². The monoisotopic (exact) mass is 529 g/mol. The number of nitrogens with one attached hydrogen (secondary N) is 1. The number of ether oxygens (including phenoxy) is 1. The summed E-state index contributed by atoms with van der Waals surface area (Å²) >= 11 is 4.74. The van der Waals surface area contributed by atoms with Gasteiger partial charge in [0.05, 0.1) is 17.9 Å². The lowest BCUT2D eigenvalue weighted by molar-refractivity contribution is -0.113. The van der Waals surface area contributed by atoms with Crippen LogP contribution < -0.4 is 5.32 Å². The third kappa shape index (κ3) is 4.87. The lowest BCUT2D eigenvalue weighted by Crippen LogP contribution is -2.26. The summed E-state index contributed by atoms with van der Waals surface area (Å²) in [5, 5.41) is 5.61. The summed E-state index contributed by atoms with van der Waals surface area (Å²) in [7, 11) is 0. The molecule has 3 heterocycles. The third-order valence-electron chi connectivity index (χ3n) is 7.03. The molecule has 35 heavy (non-hydrogen) atoms. The minimum absolute atomic E-state index is 0.135. The molecule has 1 amide bonds. The van der Waals surface area contributed by atoms with E-state index >= 15 is 0 Å². The van der Waals surface area contributed by atoms with Crippen molar-refractivity contribution in [3.63, 3.8) is 0 Å². The Morgan fingerprint density at radius 1 is 1.14 bits per heavy atom. The van der Waals surface area contributed by atoms with E-state index in [1.165, 1.54) is 44.8 Å². The van der Waals surface area contributed by atoms with E-state index in [4.69, 9.17) is 4.74 Å². The van der Waals surface area contributed by atoms with Gasteiger partial charge in [-0.25, -0.2) is 14.8 Å². The highest BCUT2D eigenvalue weighted by atomic mass is 32.2. The first-order valence-electron chi connectivity index (χ1n) is 12.3. The molecule has 1 N–H and O–H groups in total. The predicted molar refractivity (Wildman–Crippen MR) is 144 cm³/mol. The van der Waals surface area contributed by atoms with Crippen LogP contribution in [0.15, 0.2) is 11.4 Å². The van der Waals surface area contributed by atoms with Crippen LogP contribution in [0.5, 0.6) is 0 Å². The standard InChI is InChI=1S/C26H31N3O3S3/c1-5-32-25(31)21-15-7-6-8-17(15)34-24(21)29-19(30)12-33-22-20-16-10-9-14(26(2,3)4)11-18(16)35-23(20)28-13-27-22/h13-14H,5-12H2,1-4H3,(H,29,30)/t14-/m0/s1. The molecular weight excluding hydrogens is 499 g/mol. The molecule has 0 aliphatic heterocycles. The van der Waals surface area contributed by atoms with E-state index < -0.39 is 0 Å². The molecule has 0 radical (unpaired) electrons. The maximum Gasteiger partial charge on any atom is 0.341 e. The van der Waals surface area contributed by atoms with E-state index in [2.05, 4.69) is 36.1 Å². The van der Waals surface area contributed by atoms with Crippen LogP contribution in [0.4, 0.5) is 5.00 Å². The Hall–Kier alpha value is -1.97. The van der Waals surface area contributed by atoms with Crippen molar-refractivity contribution in [2.24, 2.45) is 11.3 Å². The van der Waals surface area contributed by atoms with E-state index in [1.807, 2.05) is 0 Å². The fourth-order valence-corrected chi connectivity index (χ4v) is 8.59. The molecule has 0 spiro atoms. The first kappa shape index (κ1) is 24.7. The van der Waals surface area contributed by atoms with Crippen molar-refractivity contribution in [1.82, 2.24) is 9.97 Å². The average molecular weight is 530 g/mol. The molecule has 2 aliphatic rings. The zero-order valence-corrected chi connectivity index (χ0v) is 23.1. The van der Waals surface area contributed by atoms with Gasteiger partial charge in [0.25, 0.3) is 0 Å². The summed E-state index contributed by atoms with van der Waals surface area (Å²) in [6.07, 6.45) is 7.76. The lowest BCUT2D eigenvalue weighted by atomic mass is 9.72. The second-order valence-corrected chi connectivity index (χ2v) is 13.4. The zero-order chi connectivity index (χ0) is 24.7. The van der Waals surface area contributed by atoms with Crippen molar-refractivity contribution in [2.45, 2.75) is 71.2 Å². The first-order chi connectivity index (χ1) is 16.8. The summed E-state index contributed by atoms with van der Waals surface area (Å²) in [5.41, 5.74) is 3.26. The first-order valence-corrected chi connectivity index (χ1v) is 14.9. The van der Waals surface area contributed by atoms with Crippen LogP contribution in [0, 0.1) is 11.3 Å². The minimum Gasteiger partial charge on any atom is -0.462 e. The molecular formula is C26H31N3O3S3. The Morgan fingerprint density at radius 3 is 2.74 bits per heavy atom. The number of hydrogen-bond acceptors (Lipinski definition) is 8. The quantitative estimate of drug-likeness (QED) is 0.229. The van der Waals surface area contributed by atoms with Crippen LogP contribution in [0.1, 0.15) is 71.8 Å². The second-order valence-electron chi connectivity index (χ2n) is 10.3. The number of amides is 1. The number of aryl methyl sites for hydroxylation is 2. The molecule has 3 aromatic heterocycles. The zero-order valence-electron chi connectivity index (χ0n) is 20.7. The highest BCUT2D eigenvalue weighted by molar-refractivity contribution is 8.00. The number of nitrogens with zero attached hydrogens (tertiary/aromatic N) is 2. The third-order valence-corrected chi connectivity index (χ3v) is 10.4. The Bertz CT molecular complexity index is 1290. The van der Waals surface area contributed by atoms with Gasteiger partial charge in [-0.1, -0.05) is 32.5 Å². The number of hydrogen-bond donors (Lipinski definition) is 1. The smallest absolute Gasteiger partial charge is 0.341 e. The predicted octanol–water partition coefficient (Wildman–Crippen LogP) is 6.30. The maximum atomic E-state index is 12.9. The fraction of sp³-hybridized carbons (Fsp3) is 0.538. The number of thiophene rings is 2. The van der Waals surface area contributed by atoms with Crippen LogP contribution in [0.3, 0.4) is 0 Å². The molecule has 1 atom stereocenters. The second kappa shape index (κ2) is 9.82. The number of carbonyl (C=O) groups is 2. The molecule has 0 fully saturated rings. The largest absolute Gasteiger partial charge is 0.462 e. The summed E-state index contributed by atoms with van der Waals surface area (Å²) in [4.78, 5) is 38.3. The summed E-state index contributed by atoms with van der Waals surface area (Å²) < 4.78 is 5.28. The van der Waals surface area contributed by atoms with Gasteiger partial charge in [-0.2, -0.15) is 0 Å². The molecule has 2 aliphatic carbocycles. The number of esters is 1. The average Bonchev–Trinajstić information content (AvgIpc) is 3.49. The molecule has 5 rings (SSSR count). The normalized spacial score (nSPS) is 17.3. The van der Waals surface area contributed by atoms with E-state index in [0.717, 1.165) is 52.9 Å². The fourth-order valence-electron chi connectivity index (χ4n) is 5.14. The van der Waals surface area contributed by atoms with Crippen LogP contribution in [0.25, 0.3) is 10.2 Å². The summed E-state index contributed by atoms with van der Waals surface area (Å²) in [6, 6.07) is 0. The Morgan fingerprint density at radius 2 is 1.97 bits per heavy atom. The van der Waals surface area contributed by atoms with Crippen molar-refractivity contribution < 1.29 is 14.3 Å². The molecule has 186 valence electrons. The topological polar surface area (TPSA) is 81.2 Å². The van der Waals surface area contributed by atoms with Crippen molar-refractivity contribution in [2.75, 3.05) is 17.7 Å². The Balaban J connectivity index is 1.33. The highest BCUT2D eigenvalue weighted by Crippen LogP contribution is 2.45. The molecule has 0 saturated carbocycles. The Labute approximate surface area is 218 Å². The molecule has 0 aromatic carbocycles. The summed E-state index contributed by atoms with van der Waals surface area (Å²) in [6.45, 7) is 9.09. The molecule has 0 unspecified atom stereocenters. The van der Waals surface area contributed by atoms with Gasteiger partial charge in [0.2, 0.25) is 5.91 Å². The Kier molecular flexibility index (Phi) is 6.94. The highest BCUT2D eigenvalue weighted by Gasteiger charge is 2.32. The van der Waals surface area contributed by atoms with Gasteiger partial charge in [-0.3, -0.25) is 4.79 Å². The van der Waals surface area contributed by atoms with Crippen LogP contribution in [-0.2, 0) is 35.2 Å². The van der Waals surface area contributed by atoms with E-state index in [1.54, 1.807) is 24.6 Å². The molecule has 9 heteroatoms. The van der Waals surface area contributed by atoms with Crippen molar-refractivity contribution in [1.29, 1.82) is 0 Å². The van der Waals surface area contributed by atoms with Gasteiger partial charge in [0.1, 0.15) is 21.2 Å². The minimum atomic E-state index is -0.342. The van der Waals surface area contributed by atoms with Gasteiger partial charge in [0, 0.05) is 15.1 Å². The van der Waals surface area contributed by atoms with E-state index in [0.29, 0.717) is 28.5 Å². The number of anilines is 1. The van der Waals surface area contributed by atoms with Gasteiger partial charge in [0.15, 0.2) is 0 Å². The lowest BCUT2D eigenvalue weighted by Gasteiger charge is -2.33. The number of aromatic nitrogens is 2. The van der Waals surface area contributed by atoms with Crippen molar-refractivity contribution >= 4 is 61.5 Å². The van der Waals surface area contributed by atoms with Gasteiger partial charge in [-0.05, 0) is 67.9 Å². The van der Waals surface area contributed by atoms with Gasteiger partial charge >= 0.3 is 5.97 Å². The number of carbonyl (C=O) groups excluding carboxylic acids is 2. The number of thioether (sulfide) groups is 1. The van der Waals surface area contributed by atoms with E-state index in [-0.39, 0.29) is 17.6 Å². The SMILES string of the molecule is CCOC(=O)c1c(NC(=O)CSc2ncnc3sc4c(c23)CC[C@H](C(C)(C)C)C4)sc2c1CCC2. The molecule has 3 aromatic rings. The van der Waals surface area contributed by atoms with Gasteiger partial charge < -0.3 is 10.1 Å². The molecule has 6 nitrogen and oxygen atoms in total. The summed E-state index contributed by atoms with van der Waals surface area (Å²) in [5.74, 6) is 0.417. The van der Waals surface area contributed by atoms with Crippen LogP contribution >= 0.6 is 34.4 Å². The number of rotatable bonds is 6. The van der Waals surface area contributed by atoms with Crippen LogP contribution in [-0.4, -0.2) is 34.2 Å².